The maximum atomic E-state index is 4.52. The molecule has 8 heteroatoms. The summed E-state index contributed by atoms with van der Waals surface area (Å²) in [7, 11) is 2.19. The Morgan fingerprint density at radius 1 is 1.16 bits per heavy atom. The molecule has 4 heterocycles. The SMILES string of the molecule is CN(Cc1ccccn1)[C@@H]1CCCN(c2ccc3nnnn3n2)CC1. The molecule has 3 aromatic rings. The lowest BCUT2D eigenvalue weighted by Crippen LogP contribution is -2.33. The van der Waals surface area contributed by atoms with Gasteiger partial charge < -0.3 is 4.90 Å². The van der Waals surface area contributed by atoms with Gasteiger partial charge >= 0.3 is 0 Å². The van der Waals surface area contributed by atoms with Crippen molar-refractivity contribution >= 4 is 11.5 Å². The van der Waals surface area contributed by atoms with E-state index in [9.17, 15) is 0 Å². The quantitative estimate of drug-likeness (QED) is 0.712. The zero-order valence-corrected chi connectivity index (χ0v) is 14.4. The van der Waals surface area contributed by atoms with E-state index in [1.165, 1.54) is 11.1 Å². The van der Waals surface area contributed by atoms with Gasteiger partial charge in [0, 0.05) is 31.9 Å². The van der Waals surface area contributed by atoms with Crippen LogP contribution in [0.25, 0.3) is 5.65 Å². The first kappa shape index (κ1) is 15.9. The minimum Gasteiger partial charge on any atom is -0.355 e. The average molecular weight is 338 g/mol. The van der Waals surface area contributed by atoms with Gasteiger partial charge in [-0.15, -0.1) is 14.8 Å². The Kier molecular flexibility index (Phi) is 4.51. The molecule has 25 heavy (non-hydrogen) atoms. The molecule has 0 N–H and O–H groups in total. The van der Waals surface area contributed by atoms with Crippen LogP contribution in [-0.4, -0.2) is 61.3 Å². The predicted octanol–water partition coefficient (Wildman–Crippen LogP) is 1.41. The number of hydrogen-bond donors (Lipinski definition) is 0. The van der Waals surface area contributed by atoms with Gasteiger partial charge in [-0.25, -0.2) is 0 Å². The summed E-state index contributed by atoms with van der Waals surface area (Å²) in [5.41, 5.74) is 1.79. The van der Waals surface area contributed by atoms with Crippen molar-refractivity contribution in [2.45, 2.75) is 31.8 Å². The molecule has 4 rings (SSSR count). The largest absolute Gasteiger partial charge is 0.355 e. The molecular formula is C17H22N8. The highest BCUT2D eigenvalue weighted by Crippen LogP contribution is 2.21. The lowest BCUT2D eigenvalue weighted by molar-refractivity contribution is 0.215. The summed E-state index contributed by atoms with van der Waals surface area (Å²) in [5, 5.41) is 16.0. The smallest absolute Gasteiger partial charge is 0.200 e. The van der Waals surface area contributed by atoms with Crippen molar-refractivity contribution in [3.05, 3.63) is 42.2 Å². The highest BCUT2D eigenvalue weighted by atomic mass is 15.6. The highest BCUT2D eigenvalue weighted by molar-refractivity contribution is 5.44. The Hall–Kier alpha value is -2.61. The molecule has 0 unspecified atom stereocenters. The van der Waals surface area contributed by atoms with Crippen LogP contribution in [0.1, 0.15) is 25.0 Å². The Morgan fingerprint density at radius 2 is 2.12 bits per heavy atom. The number of rotatable bonds is 4. The van der Waals surface area contributed by atoms with E-state index in [1.54, 1.807) is 0 Å². The topological polar surface area (TPSA) is 75.3 Å². The van der Waals surface area contributed by atoms with E-state index in [0.29, 0.717) is 11.7 Å². The van der Waals surface area contributed by atoms with Crippen molar-refractivity contribution in [2.75, 3.05) is 25.0 Å². The second-order valence-electron chi connectivity index (χ2n) is 6.53. The molecule has 8 nitrogen and oxygen atoms in total. The van der Waals surface area contributed by atoms with E-state index in [4.69, 9.17) is 0 Å². The lowest BCUT2D eigenvalue weighted by Gasteiger charge is -2.27. The third-order valence-electron chi connectivity index (χ3n) is 4.84. The fourth-order valence-electron chi connectivity index (χ4n) is 3.43. The van der Waals surface area contributed by atoms with Crippen molar-refractivity contribution in [2.24, 2.45) is 0 Å². The second kappa shape index (κ2) is 7.10. The van der Waals surface area contributed by atoms with Crippen LogP contribution in [-0.2, 0) is 6.54 Å². The Morgan fingerprint density at radius 3 is 3.00 bits per heavy atom. The minimum atomic E-state index is 0.559. The maximum absolute atomic E-state index is 4.52. The van der Waals surface area contributed by atoms with Gasteiger partial charge in [0.2, 0.25) is 0 Å². The van der Waals surface area contributed by atoms with Crippen molar-refractivity contribution in [1.82, 2.24) is 35.1 Å². The van der Waals surface area contributed by atoms with Crippen molar-refractivity contribution in [3.63, 3.8) is 0 Å². The monoisotopic (exact) mass is 338 g/mol. The fourth-order valence-corrected chi connectivity index (χ4v) is 3.43. The van der Waals surface area contributed by atoms with Crippen LogP contribution in [0.4, 0.5) is 5.82 Å². The molecule has 1 aliphatic rings. The number of nitrogens with zero attached hydrogens (tertiary/aromatic N) is 8. The molecule has 0 bridgehead atoms. The Labute approximate surface area is 146 Å². The van der Waals surface area contributed by atoms with Crippen molar-refractivity contribution in [1.29, 1.82) is 0 Å². The number of anilines is 1. The zero-order valence-electron chi connectivity index (χ0n) is 14.4. The second-order valence-corrected chi connectivity index (χ2v) is 6.53. The van der Waals surface area contributed by atoms with Gasteiger partial charge in [0.25, 0.3) is 0 Å². The highest BCUT2D eigenvalue weighted by Gasteiger charge is 2.21. The average Bonchev–Trinajstić information content (AvgIpc) is 2.97. The van der Waals surface area contributed by atoms with Gasteiger partial charge in [0.05, 0.1) is 5.69 Å². The first-order valence-corrected chi connectivity index (χ1v) is 8.70. The van der Waals surface area contributed by atoms with Crippen LogP contribution >= 0.6 is 0 Å². The number of tetrazole rings is 1. The molecule has 0 amide bonds. The summed E-state index contributed by atoms with van der Waals surface area (Å²) >= 11 is 0. The van der Waals surface area contributed by atoms with E-state index in [-0.39, 0.29) is 0 Å². The predicted molar refractivity (Wildman–Crippen MR) is 94.1 cm³/mol. The molecule has 130 valence electrons. The molecule has 3 aromatic heterocycles. The molecule has 1 saturated heterocycles. The van der Waals surface area contributed by atoms with E-state index < -0.39 is 0 Å². The van der Waals surface area contributed by atoms with Crippen LogP contribution in [0.3, 0.4) is 0 Å². The third-order valence-corrected chi connectivity index (χ3v) is 4.84. The molecule has 0 aliphatic carbocycles. The molecule has 0 radical (unpaired) electrons. The normalized spacial score (nSPS) is 18.6. The fraction of sp³-hybridized carbons (Fsp3) is 0.471. The van der Waals surface area contributed by atoms with E-state index in [1.807, 2.05) is 30.5 Å². The van der Waals surface area contributed by atoms with E-state index in [0.717, 1.165) is 44.0 Å². The van der Waals surface area contributed by atoms with Crippen molar-refractivity contribution in [3.8, 4) is 0 Å². The van der Waals surface area contributed by atoms with E-state index in [2.05, 4.69) is 48.5 Å². The molecule has 1 aliphatic heterocycles. The summed E-state index contributed by atoms with van der Waals surface area (Å²) < 4.78 is 1.49. The standard InChI is InChI=1S/C17H22N8/c1-23(13-14-5-2-3-10-18-14)15-6-4-11-24(12-9-15)17-8-7-16-19-21-22-25(16)20-17/h2-3,5,7-8,10,15H,4,6,9,11-13H2,1H3/t15-/m1/s1. The van der Waals surface area contributed by atoms with Gasteiger partial charge in [-0.05, 0) is 61.0 Å². The van der Waals surface area contributed by atoms with Crippen LogP contribution < -0.4 is 4.90 Å². The van der Waals surface area contributed by atoms with Gasteiger partial charge in [-0.3, -0.25) is 9.88 Å². The summed E-state index contributed by atoms with van der Waals surface area (Å²) in [4.78, 5) is 9.19. The maximum Gasteiger partial charge on any atom is 0.200 e. The van der Waals surface area contributed by atoms with Crippen LogP contribution in [0.5, 0.6) is 0 Å². The lowest BCUT2D eigenvalue weighted by atomic mass is 10.1. The number of hydrogen-bond acceptors (Lipinski definition) is 7. The minimum absolute atomic E-state index is 0.559. The molecule has 1 fully saturated rings. The summed E-state index contributed by atoms with van der Waals surface area (Å²) in [6.45, 7) is 2.88. The van der Waals surface area contributed by atoms with Crippen LogP contribution in [0.15, 0.2) is 36.5 Å². The molecule has 1 atom stereocenters. The summed E-state index contributed by atoms with van der Waals surface area (Å²) in [6, 6.07) is 10.6. The number of pyridine rings is 1. The van der Waals surface area contributed by atoms with E-state index >= 15 is 0 Å². The molecule has 0 aromatic carbocycles. The molecule has 0 saturated carbocycles. The first-order chi connectivity index (χ1) is 12.3. The zero-order chi connectivity index (χ0) is 17.1. The van der Waals surface area contributed by atoms with Crippen molar-refractivity contribution < 1.29 is 0 Å². The number of fused-ring (bicyclic) bond motifs is 1. The van der Waals surface area contributed by atoms with Gasteiger partial charge in [-0.1, -0.05) is 6.07 Å². The van der Waals surface area contributed by atoms with Crippen LogP contribution in [0.2, 0.25) is 0 Å². The third kappa shape index (κ3) is 3.58. The Bertz CT molecular complexity index is 818. The molecule has 0 spiro atoms. The summed E-state index contributed by atoms with van der Waals surface area (Å²) in [5.74, 6) is 0.938. The van der Waals surface area contributed by atoms with Gasteiger partial charge in [-0.2, -0.15) is 0 Å². The van der Waals surface area contributed by atoms with Gasteiger partial charge in [0.1, 0.15) is 0 Å². The number of aromatic nitrogens is 6. The van der Waals surface area contributed by atoms with Crippen LogP contribution in [0, 0.1) is 0 Å². The Balaban J connectivity index is 1.41. The first-order valence-electron chi connectivity index (χ1n) is 8.70. The van der Waals surface area contributed by atoms with Gasteiger partial charge in [0.15, 0.2) is 11.5 Å². The summed E-state index contributed by atoms with van der Waals surface area (Å²) in [6.07, 6.45) is 5.30. The molecular weight excluding hydrogens is 316 g/mol.